The van der Waals surface area contributed by atoms with Crippen LogP contribution in [0.1, 0.15) is 11.3 Å². The third-order valence-electron chi connectivity index (χ3n) is 7.34. The maximum atomic E-state index is 13.9. The molecule has 3 atom stereocenters. The van der Waals surface area contributed by atoms with Crippen LogP contribution in [0.5, 0.6) is 11.7 Å². The quantitative estimate of drug-likeness (QED) is 0.318. The number of hydrogen-bond acceptors (Lipinski definition) is 10. The number of benzene rings is 1. The van der Waals surface area contributed by atoms with Gasteiger partial charge in [0.15, 0.2) is 10.8 Å². The van der Waals surface area contributed by atoms with Gasteiger partial charge in [-0.15, -0.1) is 11.3 Å². The minimum Gasteiger partial charge on any atom is -0.497 e. The Kier molecular flexibility index (Phi) is 7.43. The number of amides is 2. The summed E-state index contributed by atoms with van der Waals surface area (Å²) in [7, 11) is -2.51. The van der Waals surface area contributed by atoms with Crippen molar-refractivity contribution >= 4 is 50.1 Å². The number of thiophene rings is 1. The first-order chi connectivity index (χ1) is 20.2. The van der Waals surface area contributed by atoms with Crippen LogP contribution < -0.4 is 14.8 Å². The molecule has 2 amide bonds. The number of hydrogen-bond donors (Lipinski definition) is 1. The van der Waals surface area contributed by atoms with Crippen LogP contribution in [0, 0.1) is 0 Å². The minimum absolute atomic E-state index is 0.0688. The second-order valence-electron chi connectivity index (χ2n) is 9.86. The second kappa shape index (κ2) is 11.2. The molecule has 3 unspecified atom stereocenters. The Morgan fingerprint density at radius 2 is 2.05 bits per heavy atom. The number of ketones is 1. The molecular weight excluding hydrogens is 584 g/mol. The molecule has 1 aromatic carbocycles. The average Bonchev–Trinajstić information content (AvgIpc) is 3.78. The van der Waals surface area contributed by atoms with E-state index in [0.29, 0.717) is 16.7 Å². The Bertz CT molecular complexity index is 1740. The zero-order valence-corrected chi connectivity index (χ0v) is 24.0. The van der Waals surface area contributed by atoms with Crippen molar-refractivity contribution in [3.8, 4) is 11.7 Å². The van der Waals surface area contributed by atoms with Crippen molar-refractivity contribution in [1.82, 2.24) is 19.5 Å². The summed E-state index contributed by atoms with van der Waals surface area (Å²) in [5.74, 6) is -0.355. The molecule has 12 nitrogen and oxygen atoms in total. The number of methoxy groups -OCH3 is 1. The summed E-state index contributed by atoms with van der Waals surface area (Å²) in [6.45, 7) is -0.211. The van der Waals surface area contributed by atoms with Gasteiger partial charge in [-0.1, -0.05) is 12.1 Å². The van der Waals surface area contributed by atoms with E-state index in [2.05, 4.69) is 10.3 Å². The largest absolute Gasteiger partial charge is 0.497 e. The van der Waals surface area contributed by atoms with E-state index in [0.717, 1.165) is 9.18 Å². The molecule has 5 heterocycles. The molecule has 2 saturated heterocycles. The highest BCUT2D eigenvalue weighted by molar-refractivity contribution is 7.89. The van der Waals surface area contributed by atoms with Gasteiger partial charge in [-0.25, -0.2) is 18.2 Å². The Morgan fingerprint density at radius 1 is 1.19 bits per heavy atom. The van der Waals surface area contributed by atoms with Gasteiger partial charge in [-0.2, -0.15) is 4.31 Å². The highest BCUT2D eigenvalue weighted by atomic mass is 32.2. The zero-order chi connectivity index (χ0) is 29.4. The van der Waals surface area contributed by atoms with Gasteiger partial charge < -0.3 is 24.1 Å². The first kappa shape index (κ1) is 27.9. The monoisotopic (exact) mass is 610 g/mol. The Hall–Kier alpha value is -4.27. The molecule has 2 aliphatic heterocycles. The van der Waals surface area contributed by atoms with E-state index in [4.69, 9.17) is 13.9 Å². The van der Waals surface area contributed by atoms with E-state index >= 15 is 0 Å². The highest BCUT2D eigenvalue weighted by Gasteiger charge is 2.54. The first-order valence-corrected chi connectivity index (χ1v) is 15.4. The van der Waals surface area contributed by atoms with Gasteiger partial charge in [0.25, 0.3) is 16.0 Å². The van der Waals surface area contributed by atoms with Crippen LogP contribution in [0.15, 0.2) is 75.6 Å². The molecule has 0 aliphatic carbocycles. The molecule has 0 spiro atoms. The number of pyridine rings is 1. The van der Waals surface area contributed by atoms with E-state index < -0.39 is 40.1 Å². The van der Waals surface area contributed by atoms with E-state index in [1.165, 1.54) is 41.7 Å². The number of fused-ring (bicyclic) bond motifs is 2. The number of carbonyl (C=O) groups is 3. The molecule has 3 aromatic heterocycles. The van der Waals surface area contributed by atoms with Crippen molar-refractivity contribution in [2.24, 2.45) is 0 Å². The summed E-state index contributed by atoms with van der Waals surface area (Å²) in [5.41, 5.74) is 0.484. The lowest BCUT2D eigenvalue weighted by Crippen LogP contribution is -2.53. The van der Waals surface area contributed by atoms with Crippen molar-refractivity contribution in [3.05, 3.63) is 71.1 Å². The molecule has 2 fully saturated rings. The van der Waals surface area contributed by atoms with Crippen molar-refractivity contribution in [2.75, 3.05) is 20.2 Å². The Balaban J connectivity index is 1.20. The fourth-order valence-corrected chi connectivity index (χ4v) is 7.74. The number of ether oxygens (including phenoxy) is 2. The minimum atomic E-state index is -4.05. The smallest absolute Gasteiger partial charge is 0.415 e. The number of carbonyl (C=O) groups excluding carboxylic acids is 3. The molecule has 14 heteroatoms. The normalized spacial score (nSPS) is 19.5. The van der Waals surface area contributed by atoms with Crippen molar-refractivity contribution < 1.29 is 36.7 Å². The maximum Gasteiger partial charge on any atom is 0.415 e. The van der Waals surface area contributed by atoms with Crippen LogP contribution in [-0.4, -0.2) is 78.7 Å². The summed E-state index contributed by atoms with van der Waals surface area (Å²) in [6, 6.07) is 12.1. The van der Waals surface area contributed by atoms with E-state index in [1.807, 2.05) is 17.5 Å². The average molecular weight is 611 g/mol. The molecule has 6 rings (SSSR count). The molecular formula is C28H26N4O8S2. The summed E-state index contributed by atoms with van der Waals surface area (Å²) < 4.78 is 43.9. The number of furan rings is 1. The number of sulfonamides is 1. The molecule has 4 aromatic rings. The molecule has 2 aliphatic rings. The lowest BCUT2D eigenvalue weighted by Gasteiger charge is -2.27. The third-order valence-corrected chi connectivity index (χ3v) is 10.0. The van der Waals surface area contributed by atoms with Crippen LogP contribution in [0.3, 0.4) is 0 Å². The Morgan fingerprint density at radius 3 is 2.79 bits per heavy atom. The van der Waals surface area contributed by atoms with Crippen molar-refractivity contribution in [2.45, 2.75) is 36.0 Å². The van der Waals surface area contributed by atoms with Crippen molar-refractivity contribution in [1.29, 1.82) is 0 Å². The first-order valence-electron chi connectivity index (χ1n) is 13.1. The molecule has 0 saturated carbocycles. The number of nitrogens with one attached hydrogen (secondary N) is 1. The molecule has 42 heavy (non-hydrogen) atoms. The topological polar surface area (TPSA) is 148 Å². The van der Waals surface area contributed by atoms with Crippen LogP contribution in [0.25, 0.3) is 11.0 Å². The van der Waals surface area contributed by atoms with Crippen molar-refractivity contribution in [3.63, 3.8) is 0 Å². The van der Waals surface area contributed by atoms with Crippen LogP contribution in [0.2, 0.25) is 0 Å². The number of nitrogens with zero attached hydrogens (tertiary/aromatic N) is 3. The van der Waals surface area contributed by atoms with Gasteiger partial charge >= 0.3 is 6.09 Å². The van der Waals surface area contributed by atoms with E-state index in [9.17, 15) is 22.8 Å². The summed E-state index contributed by atoms with van der Waals surface area (Å²) in [5, 5.41) is 4.98. The molecule has 1 N–H and O–H groups in total. The predicted molar refractivity (Wildman–Crippen MR) is 151 cm³/mol. The highest BCUT2D eigenvalue weighted by Crippen LogP contribution is 2.34. The SMILES string of the molecule is COc1ccc2oc(OC(=O)NC(Cc3cccs3)C(=O)N3CCC4C3C(=O)CN4S(=O)(=O)c3ccccn3)cc2c1. The van der Waals surface area contributed by atoms with Crippen LogP contribution in [0.4, 0.5) is 4.79 Å². The number of rotatable bonds is 8. The van der Waals surface area contributed by atoms with Gasteiger partial charge in [-0.05, 0) is 48.2 Å². The van der Waals surface area contributed by atoms with Gasteiger partial charge in [0.1, 0.15) is 23.4 Å². The second-order valence-corrected chi connectivity index (χ2v) is 12.7. The predicted octanol–water partition coefficient (Wildman–Crippen LogP) is 2.84. The van der Waals surface area contributed by atoms with Gasteiger partial charge in [0.05, 0.1) is 19.7 Å². The molecule has 0 radical (unpaired) electrons. The lowest BCUT2D eigenvalue weighted by atomic mass is 10.1. The van der Waals surface area contributed by atoms with Gasteiger partial charge in [0, 0.05) is 35.5 Å². The summed E-state index contributed by atoms with van der Waals surface area (Å²) in [6.07, 6.45) is 0.881. The zero-order valence-electron chi connectivity index (χ0n) is 22.3. The summed E-state index contributed by atoms with van der Waals surface area (Å²) >= 11 is 1.42. The summed E-state index contributed by atoms with van der Waals surface area (Å²) in [4.78, 5) is 46.1. The van der Waals surface area contributed by atoms with Crippen LogP contribution >= 0.6 is 11.3 Å². The van der Waals surface area contributed by atoms with Gasteiger partial charge in [-0.3, -0.25) is 9.59 Å². The number of Topliss-reactive ketones (excluding diaryl/α,β-unsaturated/α-hetero) is 1. The number of likely N-dealkylation sites (tertiary alicyclic amines) is 1. The fraction of sp³-hybridized carbons (Fsp3) is 0.286. The number of aromatic nitrogens is 1. The third kappa shape index (κ3) is 5.24. The van der Waals surface area contributed by atoms with Gasteiger partial charge in [0.2, 0.25) is 5.91 Å². The Labute approximate surface area is 244 Å². The lowest BCUT2D eigenvalue weighted by molar-refractivity contribution is -0.138. The standard InChI is InChI=1S/C28H26N4O8S2/c1-38-18-7-8-23-17(13-18)14-25(39-23)40-28(35)30-20(15-19-5-4-12-41-19)27(34)31-11-9-21-26(31)22(33)16-32(21)42(36,37)24-6-2-3-10-29-24/h2-8,10,12-14,20-21,26H,9,11,15-16H2,1H3,(H,30,35). The van der Waals surface area contributed by atoms with Crippen LogP contribution in [-0.2, 0) is 26.0 Å². The molecule has 218 valence electrons. The maximum absolute atomic E-state index is 13.9. The fourth-order valence-electron chi connectivity index (χ4n) is 5.43. The molecule has 0 bridgehead atoms. The van der Waals surface area contributed by atoms with E-state index in [-0.39, 0.29) is 42.7 Å². The van der Waals surface area contributed by atoms with E-state index in [1.54, 1.807) is 30.3 Å².